The molecule has 0 aromatic rings. The average molecular weight is 267 g/mol. The maximum atomic E-state index is 11.5. The molecule has 11 heavy (non-hydrogen) atoms. The molecule has 3 heteroatoms. The molecule has 1 aliphatic heterocycles. The zero-order chi connectivity index (χ0) is 8.43. The molecule has 0 N–H and O–H groups in total. The third-order valence-corrected chi connectivity index (χ3v) is 3.19. The topological polar surface area (TPSA) is 20.3 Å². The van der Waals surface area contributed by atoms with Gasteiger partial charge in [-0.25, -0.2) is 0 Å². The van der Waals surface area contributed by atoms with Crippen molar-refractivity contribution >= 4 is 28.8 Å². The van der Waals surface area contributed by atoms with Gasteiger partial charge in [0.15, 0.2) is 0 Å². The number of hydrogen-bond acceptors (Lipinski definition) is 1. The van der Waals surface area contributed by atoms with Crippen molar-refractivity contribution < 1.29 is 4.79 Å². The van der Waals surface area contributed by atoms with Gasteiger partial charge in [-0.05, 0) is 18.8 Å². The van der Waals surface area contributed by atoms with Crippen LogP contribution in [-0.2, 0) is 4.79 Å². The molecular formula is C8H14INO. The van der Waals surface area contributed by atoms with Crippen LogP contribution in [0.1, 0.15) is 26.7 Å². The maximum absolute atomic E-state index is 11.5. The molecule has 1 atom stereocenters. The molecule has 2 nitrogen and oxygen atoms in total. The molecule has 1 saturated heterocycles. The summed E-state index contributed by atoms with van der Waals surface area (Å²) in [5, 5.41) is 0. The average Bonchev–Trinajstić information content (AvgIpc) is 1.94. The minimum atomic E-state index is 0.278. The summed E-state index contributed by atoms with van der Waals surface area (Å²) in [4.78, 5) is 11.5. The summed E-state index contributed by atoms with van der Waals surface area (Å²) in [6.07, 6.45) is 2.24. The third-order valence-electron chi connectivity index (χ3n) is 2.23. The van der Waals surface area contributed by atoms with E-state index in [0.29, 0.717) is 11.8 Å². The summed E-state index contributed by atoms with van der Waals surface area (Å²) in [6.45, 7) is 5.18. The number of halogens is 1. The molecule has 1 amide bonds. The van der Waals surface area contributed by atoms with Gasteiger partial charge in [0, 0.05) is 12.5 Å². The largest absolute Gasteiger partial charge is 0.285 e. The van der Waals surface area contributed by atoms with Crippen LogP contribution in [0.3, 0.4) is 0 Å². The molecule has 0 aliphatic carbocycles. The molecule has 1 aliphatic rings. The quantitative estimate of drug-likeness (QED) is 0.527. The predicted molar refractivity (Wildman–Crippen MR) is 53.3 cm³/mol. The van der Waals surface area contributed by atoms with Crippen LogP contribution in [0.2, 0.25) is 0 Å². The van der Waals surface area contributed by atoms with Crippen LogP contribution in [0.25, 0.3) is 0 Å². The molecule has 0 bridgehead atoms. The smallest absolute Gasteiger partial charge is 0.234 e. The Morgan fingerprint density at radius 3 is 2.73 bits per heavy atom. The van der Waals surface area contributed by atoms with E-state index in [4.69, 9.17) is 0 Å². The van der Waals surface area contributed by atoms with Crippen molar-refractivity contribution in [2.75, 3.05) is 6.54 Å². The highest BCUT2D eigenvalue weighted by Crippen LogP contribution is 2.26. The van der Waals surface area contributed by atoms with Crippen LogP contribution in [-0.4, -0.2) is 15.6 Å². The van der Waals surface area contributed by atoms with E-state index in [1.165, 1.54) is 0 Å². The first-order valence-electron chi connectivity index (χ1n) is 4.10. The lowest BCUT2D eigenvalue weighted by Gasteiger charge is -2.29. The lowest BCUT2D eigenvalue weighted by molar-refractivity contribution is -0.132. The normalized spacial score (nSPS) is 26.4. The summed E-state index contributed by atoms with van der Waals surface area (Å²) in [5.41, 5.74) is 0. The van der Waals surface area contributed by atoms with Gasteiger partial charge in [0.1, 0.15) is 0 Å². The molecule has 0 saturated carbocycles. The van der Waals surface area contributed by atoms with Gasteiger partial charge in [0.05, 0.1) is 22.9 Å². The molecule has 1 heterocycles. The lowest BCUT2D eigenvalue weighted by Crippen LogP contribution is -2.36. The van der Waals surface area contributed by atoms with Gasteiger partial charge in [0.25, 0.3) is 0 Å². The van der Waals surface area contributed by atoms with E-state index < -0.39 is 0 Å². The molecule has 0 spiro atoms. The van der Waals surface area contributed by atoms with E-state index in [2.05, 4.69) is 36.7 Å². The van der Waals surface area contributed by atoms with E-state index in [9.17, 15) is 4.79 Å². The molecule has 1 fully saturated rings. The van der Waals surface area contributed by atoms with Gasteiger partial charge in [-0.2, -0.15) is 0 Å². The number of carbonyl (C=O) groups is 1. The van der Waals surface area contributed by atoms with Crippen LogP contribution >= 0.6 is 22.9 Å². The lowest BCUT2D eigenvalue weighted by atomic mass is 9.88. The summed E-state index contributed by atoms with van der Waals surface area (Å²) in [7, 11) is 0. The van der Waals surface area contributed by atoms with Gasteiger partial charge in [-0.15, -0.1) is 0 Å². The maximum Gasteiger partial charge on any atom is 0.234 e. The molecular weight excluding hydrogens is 253 g/mol. The van der Waals surface area contributed by atoms with Crippen molar-refractivity contribution in [3.63, 3.8) is 0 Å². The number of piperidine rings is 1. The Kier molecular flexibility index (Phi) is 3.16. The van der Waals surface area contributed by atoms with Gasteiger partial charge in [-0.3, -0.25) is 7.91 Å². The van der Waals surface area contributed by atoms with Crippen molar-refractivity contribution in [1.29, 1.82) is 0 Å². The zero-order valence-corrected chi connectivity index (χ0v) is 9.17. The van der Waals surface area contributed by atoms with Crippen molar-refractivity contribution in [2.45, 2.75) is 26.7 Å². The minimum Gasteiger partial charge on any atom is -0.285 e. The summed E-state index contributed by atoms with van der Waals surface area (Å²) < 4.78 is 1.83. The third kappa shape index (κ3) is 2.07. The highest BCUT2D eigenvalue weighted by atomic mass is 127. The Morgan fingerprint density at radius 1 is 1.64 bits per heavy atom. The second kappa shape index (κ2) is 3.74. The van der Waals surface area contributed by atoms with Gasteiger partial charge < -0.3 is 0 Å². The SMILES string of the molecule is CC(C)C1CCCN(I)C1=O. The van der Waals surface area contributed by atoms with Gasteiger partial charge >= 0.3 is 0 Å². The first kappa shape index (κ1) is 9.29. The highest BCUT2D eigenvalue weighted by molar-refractivity contribution is 14.1. The first-order chi connectivity index (χ1) is 5.13. The fourth-order valence-corrected chi connectivity index (χ4v) is 2.18. The van der Waals surface area contributed by atoms with E-state index in [-0.39, 0.29) is 5.92 Å². The number of nitrogens with zero attached hydrogens (tertiary/aromatic N) is 1. The Hall–Kier alpha value is 0.200. The monoisotopic (exact) mass is 267 g/mol. The number of carbonyl (C=O) groups excluding carboxylic acids is 1. The second-order valence-electron chi connectivity index (χ2n) is 3.42. The Morgan fingerprint density at radius 2 is 2.27 bits per heavy atom. The van der Waals surface area contributed by atoms with E-state index in [0.717, 1.165) is 19.4 Å². The van der Waals surface area contributed by atoms with Crippen molar-refractivity contribution in [3.8, 4) is 0 Å². The van der Waals surface area contributed by atoms with Crippen molar-refractivity contribution in [3.05, 3.63) is 0 Å². The van der Waals surface area contributed by atoms with Crippen LogP contribution < -0.4 is 0 Å². The zero-order valence-electron chi connectivity index (χ0n) is 7.01. The van der Waals surface area contributed by atoms with Crippen LogP contribution in [0, 0.1) is 11.8 Å². The van der Waals surface area contributed by atoms with Gasteiger partial charge in [0.2, 0.25) is 5.91 Å². The number of hydrogen-bond donors (Lipinski definition) is 0. The molecule has 1 rings (SSSR count). The molecule has 64 valence electrons. The Bertz CT molecular complexity index is 158. The van der Waals surface area contributed by atoms with E-state index in [1.807, 2.05) is 3.11 Å². The molecule has 0 radical (unpaired) electrons. The van der Waals surface area contributed by atoms with Crippen molar-refractivity contribution in [2.24, 2.45) is 11.8 Å². The molecule has 0 aromatic carbocycles. The summed E-state index contributed by atoms with van der Waals surface area (Å²) in [5.74, 6) is 1.10. The van der Waals surface area contributed by atoms with Gasteiger partial charge in [-0.1, -0.05) is 13.8 Å². The predicted octanol–water partition coefficient (Wildman–Crippen LogP) is 2.23. The highest BCUT2D eigenvalue weighted by Gasteiger charge is 2.29. The molecule has 1 unspecified atom stereocenters. The molecule has 0 aromatic heterocycles. The second-order valence-corrected chi connectivity index (χ2v) is 4.58. The fraction of sp³-hybridized carbons (Fsp3) is 0.875. The minimum absolute atomic E-state index is 0.278. The Balaban J connectivity index is 2.58. The Labute approximate surface area is 81.8 Å². The number of rotatable bonds is 1. The first-order valence-corrected chi connectivity index (χ1v) is 5.06. The van der Waals surface area contributed by atoms with E-state index in [1.54, 1.807) is 0 Å². The number of amides is 1. The van der Waals surface area contributed by atoms with Crippen LogP contribution in [0.15, 0.2) is 0 Å². The van der Waals surface area contributed by atoms with E-state index >= 15 is 0 Å². The summed E-state index contributed by atoms with van der Waals surface area (Å²) in [6, 6.07) is 0. The summed E-state index contributed by atoms with van der Waals surface area (Å²) >= 11 is 2.12. The van der Waals surface area contributed by atoms with Crippen LogP contribution in [0.5, 0.6) is 0 Å². The van der Waals surface area contributed by atoms with Crippen LogP contribution in [0.4, 0.5) is 0 Å². The van der Waals surface area contributed by atoms with Crippen molar-refractivity contribution in [1.82, 2.24) is 3.11 Å². The fourth-order valence-electron chi connectivity index (χ4n) is 1.48. The standard InChI is InChI=1S/C8H14INO/c1-6(2)7-4-3-5-10(9)8(7)11/h6-7H,3-5H2,1-2H3.